The summed E-state index contributed by atoms with van der Waals surface area (Å²) in [6.45, 7) is 1.76. The summed E-state index contributed by atoms with van der Waals surface area (Å²) in [4.78, 5) is 23.9. The minimum absolute atomic E-state index is 0.269. The quantitative estimate of drug-likeness (QED) is 0.594. The molecule has 29 heavy (non-hydrogen) atoms. The lowest BCUT2D eigenvalue weighted by molar-refractivity contribution is -0.150. The molecule has 3 aromatic carbocycles. The average molecular weight is 389 g/mol. The van der Waals surface area contributed by atoms with Gasteiger partial charge in [-0.3, -0.25) is 4.79 Å². The zero-order chi connectivity index (χ0) is 20.5. The molecule has 0 radical (unpaired) electrons. The summed E-state index contributed by atoms with van der Waals surface area (Å²) in [6.07, 6.45) is 0. The van der Waals surface area contributed by atoms with Crippen LogP contribution in [0.15, 0.2) is 78.9 Å². The number of carbonyl (C=O) groups excluding carboxylic acids is 2. The molecule has 0 aliphatic carbocycles. The van der Waals surface area contributed by atoms with Gasteiger partial charge in [-0.15, -0.1) is 0 Å². The molecule has 0 aromatic heterocycles. The van der Waals surface area contributed by atoms with Gasteiger partial charge in [0.25, 0.3) is 5.91 Å². The highest BCUT2D eigenvalue weighted by atomic mass is 16.6. The summed E-state index contributed by atoms with van der Waals surface area (Å²) in [6, 6.07) is 25.0. The normalized spacial score (nSPS) is 10.2. The van der Waals surface area contributed by atoms with Crippen LogP contribution in [0.2, 0.25) is 0 Å². The first-order chi connectivity index (χ1) is 14.1. The van der Waals surface area contributed by atoms with Crippen LogP contribution in [0, 0.1) is 6.92 Å². The summed E-state index contributed by atoms with van der Waals surface area (Å²) in [5.41, 5.74) is 3.99. The van der Waals surface area contributed by atoms with Crippen LogP contribution < -0.4 is 10.1 Å². The van der Waals surface area contributed by atoms with Gasteiger partial charge in [0, 0.05) is 12.1 Å². The van der Waals surface area contributed by atoms with Crippen molar-refractivity contribution in [1.29, 1.82) is 0 Å². The number of aryl methyl sites for hydroxylation is 1. The Bertz CT molecular complexity index is 969. The largest absolute Gasteiger partial charge is 0.481 e. The number of para-hydroxylation sites is 1. The second kappa shape index (κ2) is 10.1. The smallest absolute Gasteiger partial charge is 0.344 e. The Morgan fingerprint density at radius 2 is 1.52 bits per heavy atom. The van der Waals surface area contributed by atoms with E-state index in [4.69, 9.17) is 9.47 Å². The monoisotopic (exact) mass is 389 g/mol. The van der Waals surface area contributed by atoms with Crippen molar-refractivity contribution >= 4 is 11.9 Å². The maximum absolute atomic E-state index is 12.0. The van der Waals surface area contributed by atoms with Crippen molar-refractivity contribution < 1.29 is 19.1 Å². The fraction of sp³-hybridized carbons (Fsp3) is 0.167. The molecule has 1 amide bonds. The van der Waals surface area contributed by atoms with Crippen LogP contribution in [0.5, 0.6) is 5.75 Å². The highest BCUT2D eigenvalue weighted by molar-refractivity contribution is 5.81. The van der Waals surface area contributed by atoms with E-state index in [1.165, 1.54) is 0 Å². The fourth-order valence-corrected chi connectivity index (χ4v) is 2.83. The van der Waals surface area contributed by atoms with Crippen molar-refractivity contribution in [2.75, 3.05) is 13.2 Å². The Hall–Kier alpha value is -3.60. The second-order valence-electron chi connectivity index (χ2n) is 6.51. The van der Waals surface area contributed by atoms with Gasteiger partial charge in [0.05, 0.1) is 0 Å². The van der Waals surface area contributed by atoms with Crippen LogP contribution in [-0.2, 0) is 20.9 Å². The lowest BCUT2D eigenvalue weighted by atomic mass is 10.1. The molecule has 0 fully saturated rings. The highest BCUT2D eigenvalue weighted by Gasteiger charge is 2.11. The number of esters is 1. The van der Waals surface area contributed by atoms with Crippen molar-refractivity contribution in [2.24, 2.45) is 0 Å². The van der Waals surface area contributed by atoms with Gasteiger partial charge in [0.15, 0.2) is 13.2 Å². The molecule has 0 spiro atoms. The van der Waals surface area contributed by atoms with E-state index in [2.05, 4.69) is 5.32 Å². The van der Waals surface area contributed by atoms with Crippen molar-refractivity contribution in [2.45, 2.75) is 13.5 Å². The van der Waals surface area contributed by atoms with Crippen LogP contribution in [0.4, 0.5) is 0 Å². The molecule has 1 N–H and O–H groups in total. The van der Waals surface area contributed by atoms with Gasteiger partial charge in [-0.1, -0.05) is 72.8 Å². The molecular formula is C24H23NO4. The Morgan fingerprint density at radius 3 is 2.31 bits per heavy atom. The number of amides is 1. The average Bonchev–Trinajstić information content (AvgIpc) is 2.76. The molecule has 3 rings (SSSR count). The Morgan fingerprint density at radius 1 is 0.828 bits per heavy atom. The lowest BCUT2D eigenvalue weighted by Gasteiger charge is -2.12. The molecule has 0 unspecified atom stereocenters. The van der Waals surface area contributed by atoms with E-state index in [1.807, 2.05) is 79.7 Å². The first-order valence-electron chi connectivity index (χ1n) is 9.37. The molecule has 0 saturated heterocycles. The second-order valence-corrected chi connectivity index (χ2v) is 6.51. The molecule has 5 nitrogen and oxygen atoms in total. The zero-order valence-electron chi connectivity index (χ0n) is 16.3. The SMILES string of the molecule is Cc1ccccc1CNC(=O)COC(=O)COc1ccccc1-c1ccccc1. The van der Waals surface area contributed by atoms with E-state index >= 15 is 0 Å². The maximum Gasteiger partial charge on any atom is 0.344 e. The van der Waals surface area contributed by atoms with Gasteiger partial charge in [-0.25, -0.2) is 4.79 Å². The number of rotatable bonds is 8. The molecule has 5 heteroatoms. The van der Waals surface area contributed by atoms with Crippen LogP contribution in [0.3, 0.4) is 0 Å². The van der Waals surface area contributed by atoms with E-state index in [-0.39, 0.29) is 19.1 Å². The van der Waals surface area contributed by atoms with Crippen LogP contribution in [-0.4, -0.2) is 25.1 Å². The molecule has 0 saturated carbocycles. The summed E-state index contributed by atoms with van der Waals surface area (Å²) in [5.74, 6) is -0.371. The molecule has 0 aliphatic rings. The third-order valence-electron chi connectivity index (χ3n) is 4.42. The number of nitrogens with one attached hydrogen (secondary N) is 1. The number of benzene rings is 3. The van der Waals surface area contributed by atoms with Crippen LogP contribution >= 0.6 is 0 Å². The summed E-state index contributed by atoms with van der Waals surface area (Å²) >= 11 is 0. The molecule has 0 atom stereocenters. The standard InChI is InChI=1S/C24H23NO4/c1-18-9-5-6-12-20(18)15-25-23(26)16-29-24(27)17-28-22-14-8-7-13-21(22)19-10-3-2-4-11-19/h2-14H,15-17H2,1H3,(H,25,26). The Kier molecular flexibility index (Phi) is 7.00. The minimum atomic E-state index is -0.598. The van der Waals surface area contributed by atoms with Crippen molar-refractivity contribution in [3.63, 3.8) is 0 Å². The summed E-state index contributed by atoms with van der Waals surface area (Å²) in [7, 11) is 0. The molecule has 0 heterocycles. The fourth-order valence-electron chi connectivity index (χ4n) is 2.83. The van der Waals surface area contributed by atoms with Crippen molar-refractivity contribution in [1.82, 2.24) is 5.32 Å². The first-order valence-corrected chi connectivity index (χ1v) is 9.37. The Balaban J connectivity index is 1.46. The molecule has 0 aliphatic heterocycles. The topological polar surface area (TPSA) is 64.6 Å². The van der Waals surface area contributed by atoms with Gasteiger partial charge < -0.3 is 14.8 Å². The lowest BCUT2D eigenvalue weighted by Crippen LogP contribution is -2.29. The van der Waals surface area contributed by atoms with Gasteiger partial charge in [-0.05, 0) is 29.7 Å². The van der Waals surface area contributed by atoms with Crippen molar-refractivity contribution in [3.8, 4) is 16.9 Å². The van der Waals surface area contributed by atoms with Crippen LogP contribution in [0.1, 0.15) is 11.1 Å². The maximum atomic E-state index is 12.0. The molecule has 3 aromatic rings. The minimum Gasteiger partial charge on any atom is -0.481 e. The van der Waals surface area contributed by atoms with E-state index in [1.54, 1.807) is 6.07 Å². The zero-order valence-corrected chi connectivity index (χ0v) is 16.3. The third-order valence-corrected chi connectivity index (χ3v) is 4.42. The van der Waals surface area contributed by atoms with E-state index in [0.29, 0.717) is 12.3 Å². The number of carbonyl (C=O) groups is 2. The number of hydrogen-bond donors (Lipinski definition) is 1. The predicted octanol–water partition coefficient (Wildman–Crippen LogP) is 3.90. The van der Waals surface area contributed by atoms with Crippen LogP contribution in [0.25, 0.3) is 11.1 Å². The van der Waals surface area contributed by atoms with E-state index in [0.717, 1.165) is 22.3 Å². The molecular weight excluding hydrogens is 366 g/mol. The van der Waals surface area contributed by atoms with Gasteiger partial charge in [0.1, 0.15) is 5.75 Å². The van der Waals surface area contributed by atoms with Gasteiger partial charge >= 0.3 is 5.97 Å². The highest BCUT2D eigenvalue weighted by Crippen LogP contribution is 2.29. The number of hydrogen-bond acceptors (Lipinski definition) is 4. The van der Waals surface area contributed by atoms with Crippen molar-refractivity contribution in [3.05, 3.63) is 90.0 Å². The number of ether oxygens (including phenoxy) is 2. The Labute approximate surface area is 170 Å². The van der Waals surface area contributed by atoms with Gasteiger partial charge in [-0.2, -0.15) is 0 Å². The first kappa shape index (κ1) is 20.1. The predicted molar refractivity (Wildman–Crippen MR) is 111 cm³/mol. The van der Waals surface area contributed by atoms with E-state index < -0.39 is 5.97 Å². The summed E-state index contributed by atoms with van der Waals surface area (Å²) in [5, 5.41) is 2.74. The molecule has 0 bridgehead atoms. The molecule has 148 valence electrons. The summed E-state index contributed by atoms with van der Waals surface area (Å²) < 4.78 is 10.6. The van der Waals surface area contributed by atoms with E-state index in [9.17, 15) is 9.59 Å². The van der Waals surface area contributed by atoms with Gasteiger partial charge in [0.2, 0.25) is 0 Å². The third kappa shape index (κ3) is 5.94.